The number of piperidine rings is 2. The van der Waals surface area contributed by atoms with E-state index in [0.717, 1.165) is 43.7 Å². The largest absolute Gasteiger partial charge is 0.302 e. The van der Waals surface area contributed by atoms with Gasteiger partial charge in [-0.25, -0.2) is 4.68 Å². The first kappa shape index (κ1) is 19.3. The molecular weight excluding hydrogens is 350 g/mol. The number of pyridine rings is 1. The highest BCUT2D eigenvalue weighted by Crippen LogP contribution is 2.19. The van der Waals surface area contributed by atoms with Crippen LogP contribution in [0, 0.1) is 5.92 Å². The zero-order valence-corrected chi connectivity index (χ0v) is 16.7. The maximum Gasteiger partial charge on any atom is 0.266 e. The fourth-order valence-corrected chi connectivity index (χ4v) is 4.36. The van der Waals surface area contributed by atoms with E-state index in [1.807, 2.05) is 12.1 Å². The molecule has 0 bridgehead atoms. The van der Waals surface area contributed by atoms with E-state index in [9.17, 15) is 4.79 Å². The van der Waals surface area contributed by atoms with Gasteiger partial charge in [0, 0.05) is 43.7 Å². The summed E-state index contributed by atoms with van der Waals surface area (Å²) < 4.78 is 1.66. The summed E-state index contributed by atoms with van der Waals surface area (Å²) in [7, 11) is 0. The summed E-state index contributed by atoms with van der Waals surface area (Å²) in [6.07, 6.45) is 9.93. The number of nitrogens with zero attached hydrogens (tertiary/aromatic N) is 5. The van der Waals surface area contributed by atoms with Crippen LogP contribution in [0.1, 0.15) is 32.1 Å². The highest BCUT2D eigenvalue weighted by Gasteiger charge is 2.21. The first-order valence-corrected chi connectivity index (χ1v) is 10.7. The molecule has 2 aromatic heterocycles. The van der Waals surface area contributed by atoms with Gasteiger partial charge in [0.1, 0.15) is 0 Å². The average molecular weight is 382 g/mol. The van der Waals surface area contributed by atoms with Crippen LogP contribution < -0.4 is 5.56 Å². The number of rotatable bonds is 6. The van der Waals surface area contributed by atoms with Crippen molar-refractivity contribution in [2.75, 3.05) is 39.3 Å². The Morgan fingerprint density at radius 3 is 2.25 bits per heavy atom. The van der Waals surface area contributed by atoms with Gasteiger partial charge in [-0.05, 0) is 76.0 Å². The van der Waals surface area contributed by atoms with Gasteiger partial charge >= 0.3 is 0 Å². The lowest BCUT2D eigenvalue weighted by Crippen LogP contribution is -2.42. The first-order chi connectivity index (χ1) is 13.8. The van der Waals surface area contributed by atoms with Gasteiger partial charge in [-0.2, -0.15) is 5.10 Å². The van der Waals surface area contributed by atoms with Gasteiger partial charge in [-0.1, -0.05) is 6.42 Å². The molecule has 4 heterocycles. The lowest BCUT2D eigenvalue weighted by molar-refractivity contribution is 0.138. The van der Waals surface area contributed by atoms with Crippen molar-refractivity contribution in [1.29, 1.82) is 0 Å². The second-order valence-electron chi connectivity index (χ2n) is 8.16. The molecule has 0 aromatic carbocycles. The molecule has 150 valence electrons. The fourth-order valence-electron chi connectivity index (χ4n) is 4.36. The Morgan fingerprint density at radius 1 is 0.857 bits per heavy atom. The van der Waals surface area contributed by atoms with E-state index in [-0.39, 0.29) is 5.56 Å². The first-order valence-electron chi connectivity index (χ1n) is 10.7. The summed E-state index contributed by atoms with van der Waals surface area (Å²) in [6.45, 7) is 7.94. The molecule has 2 aliphatic heterocycles. The molecule has 0 unspecified atom stereocenters. The quantitative estimate of drug-likeness (QED) is 0.770. The van der Waals surface area contributed by atoms with Crippen LogP contribution >= 0.6 is 0 Å². The average Bonchev–Trinajstić information content (AvgIpc) is 2.76. The Kier molecular flexibility index (Phi) is 6.49. The third-order valence-corrected chi connectivity index (χ3v) is 6.16. The topological polar surface area (TPSA) is 54.3 Å². The van der Waals surface area contributed by atoms with Crippen LogP contribution in [0.15, 0.2) is 41.5 Å². The van der Waals surface area contributed by atoms with E-state index in [0.29, 0.717) is 5.92 Å². The zero-order valence-electron chi connectivity index (χ0n) is 16.7. The third kappa shape index (κ3) is 5.06. The van der Waals surface area contributed by atoms with Gasteiger partial charge in [0.25, 0.3) is 5.56 Å². The lowest BCUT2D eigenvalue weighted by Gasteiger charge is -2.34. The summed E-state index contributed by atoms with van der Waals surface area (Å²) in [5.41, 5.74) is 1.82. The van der Waals surface area contributed by atoms with Crippen LogP contribution in [0.2, 0.25) is 0 Å². The normalized spacial score (nSPS) is 19.7. The van der Waals surface area contributed by atoms with Crippen LogP contribution in [0.25, 0.3) is 11.3 Å². The van der Waals surface area contributed by atoms with E-state index in [4.69, 9.17) is 0 Å². The van der Waals surface area contributed by atoms with E-state index >= 15 is 0 Å². The molecule has 0 aliphatic carbocycles. The summed E-state index contributed by atoms with van der Waals surface area (Å²) in [5, 5.41) is 4.61. The van der Waals surface area contributed by atoms with Crippen molar-refractivity contribution in [1.82, 2.24) is 24.6 Å². The predicted molar refractivity (Wildman–Crippen MR) is 111 cm³/mol. The third-order valence-electron chi connectivity index (χ3n) is 6.16. The van der Waals surface area contributed by atoms with Crippen molar-refractivity contribution in [2.24, 2.45) is 5.92 Å². The smallest absolute Gasteiger partial charge is 0.266 e. The molecule has 0 amide bonds. The van der Waals surface area contributed by atoms with Gasteiger partial charge in [0.05, 0.1) is 5.69 Å². The number of aromatic nitrogens is 3. The van der Waals surface area contributed by atoms with Gasteiger partial charge < -0.3 is 9.80 Å². The van der Waals surface area contributed by atoms with Gasteiger partial charge in [0.15, 0.2) is 0 Å². The van der Waals surface area contributed by atoms with E-state index in [1.54, 1.807) is 29.2 Å². The van der Waals surface area contributed by atoms with Crippen molar-refractivity contribution in [3.63, 3.8) is 0 Å². The van der Waals surface area contributed by atoms with Gasteiger partial charge in [0.2, 0.25) is 0 Å². The van der Waals surface area contributed by atoms with Crippen molar-refractivity contribution in [2.45, 2.75) is 38.6 Å². The maximum atomic E-state index is 12.3. The molecule has 2 aromatic rings. The monoisotopic (exact) mass is 381 g/mol. The van der Waals surface area contributed by atoms with Crippen molar-refractivity contribution in [3.8, 4) is 11.3 Å². The fraction of sp³-hybridized carbons (Fsp3) is 0.591. The summed E-state index contributed by atoms with van der Waals surface area (Å²) in [4.78, 5) is 21.5. The molecule has 2 aliphatic rings. The predicted octanol–water partition coefficient (Wildman–Crippen LogP) is 2.50. The number of hydrogen-bond acceptors (Lipinski definition) is 5. The summed E-state index contributed by atoms with van der Waals surface area (Å²) >= 11 is 0. The Hall–Kier alpha value is -2.05. The van der Waals surface area contributed by atoms with Crippen molar-refractivity contribution in [3.05, 3.63) is 47.0 Å². The Morgan fingerprint density at radius 2 is 1.54 bits per heavy atom. The highest BCUT2D eigenvalue weighted by atomic mass is 16.1. The van der Waals surface area contributed by atoms with Crippen LogP contribution in [0.3, 0.4) is 0 Å². The summed E-state index contributed by atoms with van der Waals surface area (Å²) in [5.74, 6) is 0.532. The minimum atomic E-state index is -0.00895. The molecule has 2 fully saturated rings. The molecule has 6 heteroatoms. The molecule has 6 nitrogen and oxygen atoms in total. The Balaban J connectivity index is 1.29. The van der Waals surface area contributed by atoms with Crippen LogP contribution in [-0.4, -0.2) is 63.8 Å². The highest BCUT2D eigenvalue weighted by molar-refractivity contribution is 5.56. The van der Waals surface area contributed by atoms with E-state index in [2.05, 4.69) is 19.9 Å². The molecule has 0 radical (unpaired) electrons. The Labute approximate surface area is 167 Å². The molecule has 0 atom stereocenters. The molecule has 0 saturated carbocycles. The number of likely N-dealkylation sites (tertiary alicyclic amines) is 2. The minimum absolute atomic E-state index is 0.00895. The Bertz CT molecular complexity index is 792. The standard InChI is InChI=1S/C22H31N5O/c28-22-5-4-21(20-6-10-23-11-7-20)24-27(22)18-19-8-14-26(15-9-19)17-16-25-12-2-1-3-13-25/h4-7,10-11,19H,1-3,8-9,12-18H2. The lowest BCUT2D eigenvalue weighted by atomic mass is 9.97. The maximum absolute atomic E-state index is 12.3. The van der Waals surface area contributed by atoms with Gasteiger partial charge in [-0.3, -0.25) is 9.78 Å². The summed E-state index contributed by atoms with van der Waals surface area (Å²) in [6, 6.07) is 7.30. The molecule has 0 N–H and O–H groups in total. The minimum Gasteiger partial charge on any atom is -0.302 e. The molecule has 4 rings (SSSR count). The van der Waals surface area contributed by atoms with Crippen molar-refractivity contribution < 1.29 is 0 Å². The van der Waals surface area contributed by atoms with Crippen LogP contribution in [-0.2, 0) is 6.54 Å². The van der Waals surface area contributed by atoms with E-state index < -0.39 is 0 Å². The number of hydrogen-bond donors (Lipinski definition) is 0. The zero-order chi connectivity index (χ0) is 19.2. The van der Waals surface area contributed by atoms with E-state index in [1.165, 1.54) is 45.4 Å². The molecule has 0 spiro atoms. The molecular formula is C22H31N5O. The van der Waals surface area contributed by atoms with Crippen LogP contribution in [0.4, 0.5) is 0 Å². The second kappa shape index (κ2) is 9.43. The second-order valence-corrected chi connectivity index (χ2v) is 8.16. The molecule has 2 saturated heterocycles. The van der Waals surface area contributed by atoms with Crippen LogP contribution in [0.5, 0.6) is 0 Å². The SMILES string of the molecule is O=c1ccc(-c2ccncc2)nn1CC1CCN(CCN2CCCCC2)CC1. The van der Waals surface area contributed by atoms with Crippen molar-refractivity contribution >= 4 is 0 Å². The molecule has 28 heavy (non-hydrogen) atoms. The van der Waals surface area contributed by atoms with Gasteiger partial charge in [-0.15, -0.1) is 0 Å².